The Labute approximate surface area is 168 Å². The van der Waals surface area contributed by atoms with Gasteiger partial charge in [-0.05, 0) is 38.3 Å². The van der Waals surface area contributed by atoms with Crippen LogP contribution in [0.3, 0.4) is 0 Å². The highest BCUT2D eigenvalue weighted by atomic mass is 16.6. The van der Waals surface area contributed by atoms with Gasteiger partial charge in [0.1, 0.15) is 6.10 Å². The van der Waals surface area contributed by atoms with Gasteiger partial charge >= 0.3 is 5.97 Å². The minimum absolute atomic E-state index is 0.0954. The summed E-state index contributed by atoms with van der Waals surface area (Å²) >= 11 is 0. The van der Waals surface area contributed by atoms with Crippen molar-refractivity contribution in [2.75, 3.05) is 45.9 Å². The average molecular weight is 393 g/mol. The van der Waals surface area contributed by atoms with E-state index in [9.17, 15) is 9.90 Å². The summed E-state index contributed by atoms with van der Waals surface area (Å²) in [5, 5.41) is 14.8. The minimum Gasteiger partial charge on any atom is -0.461 e. The van der Waals surface area contributed by atoms with Crippen LogP contribution in [0.2, 0.25) is 0 Å². The number of aliphatic hydroxyl groups excluding tert-OH is 1. The molecule has 0 aromatic heterocycles. The molecule has 28 heavy (non-hydrogen) atoms. The molecular formula is C22H36N2O4. The van der Waals surface area contributed by atoms with E-state index >= 15 is 0 Å². The summed E-state index contributed by atoms with van der Waals surface area (Å²) in [6, 6.07) is 0. The van der Waals surface area contributed by atoms with Crippen LogP contribution in [0, 0.1) is 23.2 Å². The first-order chi connectivity index (χ1) is 13.5. The molecule has 0 amide bonds. The number of hydrogen-bond donors (Lipinski definition) is 2. The number of nitrogens with zero attached hydrogens (tertiary/aromatic N) is 1. The largest absolute Gasteiger partial charge is 0.461 e. The zero-order chi connectivity index (χ0) is 19.7. The van der Waals surface area contributed by atoms with Crippen LogP contribution in [0.5, 0.6) is 0 Å². The fourth-order valence-corrected chi connectivity index (χ4v) is 5.81. The highest BCUT2D eigenvalue weighted by molar-refractivity contribution is 5.76. The molecule has 2 aliphatic carbocycles. The summed E-state index contributed by atoms with van der Waals surface area (Å²) in [5.74, 6) is -0.0376. The standard InChI is InChI=1S/C22H36N2O4/c1-15-5-3-6-16-13-18-19(20(25)22(15,16)2)17(21(26)28-18)14-23-7-4-8-24-9-11-27-12-10-24/h6,15,17-20,23,25H,3-5,7-14H2,1-2H3/t15-,17-,18+,19+,20-,22+/m0/s1. The van der Waals surface area contributed by atoms with E-state index in [0.29, 0.717) is 12.5 Å². The van der Waals surface area contributed by atoms with Crippen LogP contribution in [0.4, 0.5) is 0 Å². The number of carbonyl (C=O) groups is 1. The molecule has 1 saturated carbocycles. The molecule has 4 aliphatic rings. The maximum Gasteiger partial charge on any atom is 0.311 e. The van der Waals surface area contributed by atoms with E-state index in [1.165, 1.54) is 5.57 Å². The van der Waals surface area contributed by atoms with Crippen molar-refractivity contribution in [3.05, 3.63) is 11.6 Å². The van der Waals surface area contributed by atoms with Crippen LogP contribution >= 0.6 is 0 Å². The molecule has 0 aromatic carbocycles. The lowest BCUT2D eigenvalue weighted by Gasteiger charge is -2.51. The lowest BCUT2D eigenvalue weighted by Crippen LogP contribution is -2.54. The molecule has 4 rings (SSSR count). The fraction of sp³-hybridized carbons (Fsp3) is 0.864. The summed E-state index contributed by atoms with van der Waals surface area (Å²) in [5.41, 5.74) is 1.08. The molecule has 2 aliphatic heterocycles. The first-order valence-electron chi connectivity index (χ1n) is 11.1. The van der Waals surface area contributed by atoms with Crippen molar-refractivity contribution in [3.8, 4) is 0 Å². The maximum atomic E-state index is 12.6. The van der Waals surface area contributed by atoms with Crippen molar-refractivity contribution in [2.24, 2.45) is 23.2 Å². The Morgan fingerprint density at radius 2 is 2.14 bits per heavy atom. The second-order valence-corrected chi connectivity index (χ2v) is 9.31. The van der Waals surface area contributed by atoms with Gasteiger partial charge in [0, 0.05) is 37.4 Å². The van der Waals surface area contributed by atoms with Crippen LogP contribution < -0.4 is 5.32 Å². The molecule has 0 aromatic rings. The summed E-state index contributed by atoms with van der Waals surface area (Å²) < 4.78 is 11.1. The number of hydrogen-bond acceptors (Lipinski definition) is 6. The number of morpholine rings is 1. The zero-order valence-corrected chi connectivity index (χ0v) is 17.4. The molecule has 0 unspecified atom stereocenters. The van der Waals surface area contributed by atoms with Crippen LogP contribution in [0.15, 0.2) is 11.6 Å². The molecule has 158 valence electrons. The molecule has 0 spiro atoms. The van der Waals surface area contributed by atoms with E-state index in [1.54, 1.807) is 0 Å². The summed E-state index contributed by atoms with van der Waals surface area (Å²) in [6.45, 7) is 10.7. The molecule has 6 atom stereocenters. The van der Waals surface area contributed by atoms with Gasteiger partial charge in [-0.25, -0.2) is 0 Å². The average Bonchev–Trinajstić information content (AvgIpc) is 3.00. The smallest absolute Gasteiger partial charge is 0.311 e. The second-order valence-electron chi connectivity index (χ2n) is 9.31. The monoisotopic (exact) mass is 392 g/mol. The Bertz CT molecular complexity index is 603. The maximum absolute atomic E-state index is 12.6. The Kier molecular flexibility index (Phi) is 6.12. The molecule has 2 saturated heterocycles. The van der Waals surface area contributed by atoms with E-state index in [0.717, 1.165) is 65.1 Å². The van der Waals surface area contributed by atoms with Crippen LogP contribution in [0.25, 0.3) is 0 Å². The number of rotatable bonds is 6. The SMILES string of the molecule is C[C@H]1CCC=C2C[C@H]3OC(=O)[C@@H](CNCCCN4CCOCC4)[C@H]3[C@H](O)[C@@]21C. The van der Waals surface area contributed by atoms with Crippen LogP contribution in [0.1, 0.15) is 39.5 Å². The minimum atomic E-state index is -0.514. The van der Waals surface area contributed by atoms with Crippen molar-refractivity contribution >= 4 is 5.97 Å². The molecule has 6 nitrogen and oxygen atoms in total. The number of nitrogens with one attached hydrogen (secondary N) is 1. The van der Waals surface area contributed by atoms with Crippen molar-refractivity contribution < 1.29 is 19.4 Å². The van der Waals surface area contributed by atoms with Gasteiger partial charge in [-0.3, -0.25) is 9.69 Å². The Morgan fingerprint density at radius 3 is 2.93 bits per heavy atom. The second kappa shape index (κ2) is 8.42. The lowest BCUT2D eigenvalue weighted by molar-refractivity contribution is -0.144. The van der Waals surface area contributed by atoms with Crippen molar-refractivity contribution in [3.63, 3.8) is 0 Å². The third-order valence-corrected chi connectivity index (χ3v) is 7.87. The molecule has 0 radical (unpaired) electrons. The number of esters is 1. The Morgan fingerprint density at radius 1 is 1.36 bits per heavy atom. The van der Waals surface area contributed by atoms with Gasteiger partial charge in [-0.1, -0.05) is 25.5 Å². The van der Waals surface area contributed by atoms with Gasteiger partial charge in [0.2, 0.25) is 0 Å². The van der Waals surface area contributed by atoms with Crippen molar-refractivity contribution in [1.29, 1.82) is 0 Å². The predicted octanol–water partition coefficient (Wildman–Crippen LogP) is 1.58. The third-order valence-electron chi connectivity index (χ3n) is 7.87. The number of aliphatic hydroxyl groups is 1. The molecule has 0 bridgehead atoms. The van der Waals surface area contributed by atoms with Crippen LogP contribution in [-0.2, 0) is 14.3 Å². The summed E-state index contributed by atoms with van der Waals surface area (Å²) in [4.78, 5) is 15.0. The predicted molar refractivity (Wildman–Crippen MR) is 107 cm³/mol. The highest BCUT2D eigenvalue weighted by Gasteiger charge is 2.59. The van der Waals surface area contributed by atoms with Gasteiger partial charge in [0.15, 0.2) is 0 Å². The molecule has 2 heterocycles. The molecular weight excluding hydrogens is 356 g/mol. The summed E-state index contributed by atoms with van der Waals surface area (Å²) in [6.07, 6.45) is 5.63. The first-order valence-corrected chi connectivity index (χ1v) is 11.1. The Hall–Kier alpha value is -0.950. The number of carbonyl (C=O) groups excluding carboxylic acids is 1. The van der Waals surface area contributed by atoms with Gasteiger partial charge < -0.3 is 19.9 Å². The normalized spacial score (nSPS) is 41.2. The van der Waals surface area contributed by atoms with E-state index in [2.05, 4.69) is 30.1 Å². The number of ether oxygens (including phenoxy) is 2. The number of allylic oxidation sites excluding steroid dienone is 1. The van der Waals surface area contributed by atoms with Crippen LogP contribution in [-0.4, -0.2) is 74.1 Å². The van der Waals surface area contributed by atoms with E-state index in [-0.39, 0.29) is 29.3 Å². The van der Waals surface area contributed by atoms with E-state index < -0.39 is 6.10 Å². The molecule has 2 N–H and O–H groups in total. The highest BCUT2D eigenvalue weighted by Crippen LogP contribution is 2.55. The number of fused-ring (bicyclic) bond motifs is 2. The van der Waals surface area contributed by atoms with Gasteiger partial charge in [0.25, 0.3) is 0 Å². The Balaban J connectivity index is 1.33. The van der Waals surface area contributed by atoms with Crippen molar-refractivity contribution in [1.82, 2.24) is 10.2 Å². The first kappa shape index (κ1) is 20.3. The topological polar surface area (TPSA) is 71.0 Å². The summed E-state index contributed by atoms with van der Waals surface area (Å²) in [7, 11) is 0. The third kappa shape index (κ3) is 3.64. The zero-order valence-electron chi connectivity index (χ0n) is 17.4. The molecule has 3 fully saturated rings. The van der Waals surface area contributed by atoms with Gasteiger partial charge in [-0.2, -0.15) is 0 Å². The van der Waals surface area contributed by atoms with Gasteiger partial charge in [-0.15, -0.1) is 0 Å². The molecule has 6 heteroatoms. The van der Waals surface area contributed by atoms with E-state index in [4.69, 9.17) is 9.47 Å². The van der Waals surface area contributed by atoms with E-state index in [1.807, 2.05) is 0 Å². The quantitative estimate of drug-likeness (QED) is 0.406. The fourth-order valence-electron chi connectivity index (χ4n) is 5.81. The van der Waals surface area contributed by atoms with Gasteiger partial charge in [0.05, 0.1) is 25.2 Å². The lowest BCUT2D eigenvalue weighted by atomic mass is 9.55. The van der Waals surface area contributed by atoms with Crippen molar-refractivity contribution in [2.45, 2.75) is 51.7 Å².